The number of carbonyl (C=O) groups excluding carboxylic acids is 1. The average molecular weight is 342 g/mol. The minimum atomic E-state index is -0.0415. The van der Waals surface area contributed by atoms with Gasteiger partial charge in [-0.05, 0) is 25.9 Å². The third-order valence-electron chi connectivity index (χ3n) is 4.82. The van der Waals surface area contributed by atoms with E-state index in [-0.39, 0.29) is 12.2 Å². The van der Waals surface area contributed by atoms with Crippen molar-refractivity contribution < 1.29 is 9.53 Å². The van der Waals surface area contributed by atoms with Crippen LogP contribution in [-0.2, 0) is 9.53 Å². The smallest absolute Gasteiger partial charge is 0.307 e. The molecule has 0 fully saturated rings. The molecule has 1 unspecified atom stereocenters. The lowest BCUT2D eigenvalue weighted by atomic mass is 10.1. The predicted molar refractivity (Wildman–Crippen MR) is 104 cm³/mol. The van der Waals surface area contributed by atoms with E-state index >= 15 is 0 Å². The van der Waals surface area contributed by atoms with E-state index in [1.54, 1.807) is 0 Å². The third kappa shape index (κ3) is 12.8. The molecule has 0 aliphatic rings. The zero-order valence-electron chi connectivity index (χ0n) is 16.9. The highest BCUT2D eigenvalue weighted by Crippen LogP contribution is 2.13. The van der Waals surface area contributed by atoms with Gasteiger partial charge in [-0.1, -0.05) is 91.9 Å². The maximum atomic E-state index is 12.0. The topological polar surface area (TPSA) is 29.5 Å². The molecule has 0 saturated carbocycles. The van der Waals surface area contributed by atoms with Crippen molar-refractivity contribution >= 4 is 5.97 Å². The van der Waals surface area contributed by atoms with E-state index in [2.05, 4.69) is 32.6 Å². The highest BCUT2D eigenvalue weighted by atomic mass is 16.6. The van der Waals surface area contributed by atoms with Crippen LogP contribution in [0.25, 0.3) is 0 Å². The Morgan fingerprint density at radius 2 is 1.21 bits per heavy atom. The molecule has 0 aromatic carbocycles. The molecule has 0 bridgehead atoms. The largest absolute Gasteiger partial charge is 0.446 e. The second kappa shape index (κ2) is 17.3. The number of carbonyl (C=O) groups is 1. The molecule has 0 aromatic rings. The molecule has 3 heteroatoms. The zero-order valence-corrected chi connectivity index (χ0v) is 16.9. The minimum Gasteiger partial charge on any atom is -0.446 e. The normalized spacial score (nSPS) is 12.5. The Morgan fingerprint density at radius 1 is 0.750 bits per heavy atom. The number of rotatable bonds is 17. The SMILES string of the molecule is CCCCCCCCCCCCCC(=O)OC(CC)N(CC)CC. The maximum Gasteiger partial charge on any atom is 0.307 e. The summed E-state index contributed by atoms with van der Waals surface area (Å²) in [5, 5.41) is 0. The molecular formula is C21H43NO2. The van der Waals surface area contributed by atoms with Gasteiger partial charge in [-0.25, -0.2) is 0 Å². The Kier molecular flexibility index (Phi) is 16.8. The van der Waals surface area contributed by atoms with Gasteiger partial charge >= 0.3 is 5.97 Å². The van der Waals surface area contributed by atoms with Crippen LogP contribution < -0.4 is 0 Å². The van der Waals surface area contributed by atoms with Crippen LogP contribution in [-0.4, -0.2) is 30.2 Å². The lowest BCUT2D eigenvalue weighted by molar-refractivity contribution is -0.159. The maximum absolute atomic E-state index is 12.0. The summed E-state index contributed by atoms with van der Waals surface area (Å²) in [6, 6.07) is 0. The van der Waals surface area contributed by atoms with Crippen LogP contribution in [0.15, 0.2) is 0 Å². The van der Waals surface area contributed by atoms with Crippen molar-refractivity contribution in [3.63, 3.8) is 0 Å². The Balaban J connectivity index is 3.51. The van der Waals surface area contributed by atoms with Crippen molar-refractivity contribution in [3.8, 4) is 0 Å². The van der Waals surface area contributed by atoms with Gasteiger partial charge in [0.2, 0.25) is 0 Å². The number of esters is 1. The van der Waals surface area contributed by atoms with Gasteiger partial charge in [0.1, 0.15) is 0 Å². The van der Waals surface area contributed by atoms with Gasteiger partial charge in [0.05, 0.1) is 0 Å². The Morgan fingerprint density at radius 3 is 1.62 bits per heavy atom. The first-order valence-electron chi connectivity index (χ1n) is 10.6. The van der Waals surface area contributed by atoms with Gasteiger partial charge in [0.15, 0.2) is 6.23 Å². The standard InChI is InChI=1S/C21H43NO2/c1-5-9-10-11-12-13-14-15-16-17-18-19-21(23)24-20(6-2)22(7-3)8-4/h20H,5-19H2,1-4H3. The van der Waals surface area contributed by atoms with Gasteiger partial charge < -0.3 is 4.74 Å². The molecule has 1 atom stereocenters. The predicted octanol–water partition coefficient (Wildman–Crippen LogP) is 6.31. The number of unbranched alkanes of at least 4 members (excludes halogenated alkanes) is 10. The zero-order chi connectivity index (χ0) is 18.0. The molecule has 0 rings (SSSR count). The van der Waals surface area contributed by atoms with E-state index in [0.29, 0.717) is 6.42 Å². The van der Waals surface area contributed by atoms with Crippen LogP contribution >= 0.6 is 0 Å². The van der Waals surface area contributed by atoms with Crippen molar-refractivity contribution in [2.24, 2.45) is 0 Å². The molecule has 144 valence electrons. The summed E-state index contributed by atoms with van der Waals surface area (Å²) in [5.41, 5.74) is 0. The Labute approximate surface area is 151 Å². The highest BCUT2D eigenvalue weighted by molar-refractivity contribution is 5.69. The summed E-state index contributed by atoms with van der Waals surface area (Å²) < 4.78 is 5.62. The second-order valence-electron chi connectivity index (χ2n) is 6.86. The number of nitrogens with zero attached hydrogens (tertiary/aromatic N) is 1. The number of hydrogen-bond acceptors (Lipinski definition) is 3. The van der Waals surface area contributed by atoms with E-state index in [4.69, 9.17) is 4.74 Å². The van der Waals surface area contributed by atoms with Crippen molar-refractivity contribution in [1.29, 1.82) is 0 Å². The summed E-state index contributed by atoms with van der Waals surface area (Å²) in [6.07, 6.45) is 15.8. The van der Waals surface area contributed by atoms with Crippen LogP contribution in [0.4, 0.5) is 0 Å². The van der Waals surface area contributed by atoms with Gasteiger partial charge in [-0.2, -0.15) is 0 Å². The molecule has 0 aliphatic heterocycles. The van der Waals surface area contributed by atoms with Gasteiger partial charge in [-0.15, -0.1) is 0 Å². The molecule has 0 amide bonds. The van der Waals surface area contributed by atoms with Crippen LogP contribution in [0, 0.1) is 0 Å². The van der Waals surface area contributed by atoms with Crippen LogP contribution in [0.1, 0.15) is 111 Å². The first-order chi connectivity index (χ1) is 11.7. The van der Waals surface area contributed by atoms with E-state index < -0.39 is 0 Å². The lowest BCUT2D eigenvalue weighted by Crippen LogP contribution is -2.38. The molecule has 0 saturated heterocycles. The third-order valence-corrected chi connectivity index (χ3v) is 4.82. The quantitative estimate of drug-likeness (QED) is 0.176. The summed E-state index contributed by atoms with van der Waals surface area (Å²) in [6.45, 7) is 10.4. The molecule has 24 heavy (non-hydrogen) atoms. The molecule has 0 radical (unpaired) electrons. The fraction of sp³-hybridized carbons (Fsp3) is 0.952. The van der Waals surface area contributed by atoms with Gasteiger partial charge in [-0.3, -0.25) is 9.69 Å². The lowest BCUT2D eigenvalue weighted by Gasteiger charge is -2.28. The molecule has 3 nitrogen and oxygen atoms in total. The number of ether oxygens (including phenoxy) is 1. The molecule has 0 aliphatic carbocycles. The van der Waals surface area contributed by atoms with E-state index in [9.17, 15) is 4.79 Å². The van der Waals surface area contributed by atoms with E-state index in [1.807, 2.05) is 0 Å². The fourth-order valence-electron chi connectivity index (χ4n) is 3.19. The summed E-state index contributed by atoms with van der Waals surface area (Å²) >= 11 is 0. The van der Waals surface area contributed by atoms with Crippen LogP contribution in [0.5, 0.6) is 0 Å². The molecule has 0 N–H and O–H groups in total. The first-order valence-corrected chi connectivity index (χ1v) is 10.6. The molecular weight excluding hydrogens is 298 g/mol. The van der Waals surface area contributed by atoms with E-state index in [0.717, 1.165) is 32.4 Å². The summed E-state index contributed by atoms with van der Waals surface area (Å²) in [4.78, 5) is 14.2. The summed E-state index contributed by atoms with van der Waals surface area (Å²) in [7, 11) is 0. The molecule has 0 aromatic heterocycles. The first kappa shape index (κ1) is 23.4. The molecule has 0 heterocycles. The van der Waals surface area contributed by atoms with Gasteiger partial charge in [0.25, 0.3) is 0 Å². The Hall–Kier alpha value is -0.570. The van der Waals surface area contributed by atoms with Crippen LogP contribution in [0.3, 0.4) is 0 Å². The van der Waals surface area contributed by atoms with Crippen molar-refractivity contribution in [2.75, 3.05) is 13.1 Å². The van der Waals surface area contributed by atoms with E-state index in [1.165, 1.54) is 57.8 Å². The fourth-order valence-corrected chi connectivity index (χ4v) is 3.19. The Bertz CT molecular complexity index is 277. The number of hydrogen-bond donors (Lipinski definition) is 0. The van der Waals surface area contributed by atoms with Gasteiger partial charge in [0, 0.05) is 6.42 Å². The van der Waals surface area contributed by atoms with Crippen molar-refractivity contribution in [2.45, 2.75) is 117 Å². The van der Waals surface area contributed by atoms with Crippen molar-refractivity contribution in [3.05, 3.63) is 0 Å². The van der Waals surface area contributed by atoms with Crippen LogP contribution in [0.2, 0.25) is 0 Å². The average Bonchev–Trinajstić information content (AvgIpc) is 2.59. The minimum absolute atomic E-state index is 0.0234. The molecule has 0 spiro atoms. The van der Waals surface area contributed by atoms with Crippen molar-refractivity contribution in [1.82, 2.24) is 4.90 Å². The second-order valence-corrected chi connectivity index (χ2v) is 6.86. The summed E-state index contributed by atoms with van der Waals surface area (Å²) in [5.74, 6) is -0.0234. The monoisotopic (exact) mass is 341 g/mol. The highest BCUT2D eigenvalue weighted by Gasteiger charge is 2.17.